The summed E-state index contributed by atoms with van der Waals surface area (Å²) in [7, 11) is 0. The minimum absolute atomic E-state index is 0.100. The van der Waals surface area contributed by atoms with E-state index < -0.39 is 0 Å². The molecule has 0 N–H and O–H groups in total. The van der Waals surface area contributed by atoms with E-state index in [1.807, 2.05) is 12.1 Å². The van der Waals surface area contributed by atoms with Crippen LogP contribution < -0.4 is 0 Å². The lowest BCUT2D eigenvalue weighted by atomic mass is 9.80. The number of aryl methyl sites for hydroxylation is 1. The number of benzene rings is 2. The van der Waals surface area contributed by atoms with Gasteiger partial charge in [0.1, 0.15) is 5.82 Å². The van der Waals surface area contributed by atoms with E-state index in [2.05, 4.69) is 62.8 Å². The first-order chi connectivity index (χ1) is 14.2. The van der Waals surface area contributed by atoms with Gasteiger partial charge in [-0.15, -0.1) is 12.8 Å². The van der Waals surface area contributed by atoms with E-state index in [1.165, 1.54) is 38.5 Å². The second kappa shape index (κ2) is 12.1. The summed E-state index contributed by atoms with van der Waals surface area (Å²) in [6, 6.07) is 13.8. The van der Waals surface area contributed by atoms with Crippen LogP contribution in [0.3, 0.4) is 0 Å². The first-order valence-electron chi connectivity index (χ1n) is 10.9. The van der Waals surface area contributed by atoms with E-state index in [0.717, 1.165) is 41.0 Å². The molecule has 29 heavy (non-hydrogen) atoms. The molecule has 0 radical (unpaired) electrons. The lowest BCUT2D eigenvalue weighted by molar-refractivity contribution is 0.300. The fraction of sp³-hybridized carbons (Fsp3) is 0.429. The molecule has 1 aliphatic carbocycles. The number of hydrogen-bond donors (Lipinski definition) is 0. The molecule has 2 aromatic rings. The van der Waals surface area contributed by atoms with E-state index in [-0.39, 0.29) is 5.82 Å². The van der Waals surface area contributed by atoms with Crippen LogP contribution in [0, 0.1) is 42.3 Å². The predicted molar refractivity (Wildman–Crippen MR) is 123 cm³/mol. The second-order valence-electron chi connectivity index (χ2n) is 7.91. The number of terminal acetylenes is 1. The minimum Gasteiger partial charge on any atom is -0.207 e. The van der Waals surface area contributed by atoms with Crippen molar-refractivity contribution >= 4 is 0 Å². The molecule has 1 saturated carbocycles. The van der Waals surface area contributed by atoms with Gasteiger partial charge in [-0.25, -0.2) is 4.39 Å². The molecule has 0 bridgehead atoms. The van der Waals surface area contributed by atoms with Crippen molar-refractivity contribution in [2.24, 2.45) is 11.8 Å². The average Bonchev–Trinajstić information content (AvgIpc) is 2.77. The average molecular weight is 389 g/mol. The Morgan fingerprint density at radius 1 is 0.897 bits per heavy atom. The number of halogens is 1. The smallest absolute Gasteiger partial charge is 0.127 e. The lowest BCUT2D eigenvalue weighted by Gasteiger charge is -2.25. The summed E-state index contributed by atoms with van der Waals surface area (Å²) in [6.07, 6.45) is 17.6. The number of rotatable bonds is 5. The fourth-order valence-electron chi connectivity index (χ4n) is 4.13. The molecule has 0 aromatic heterocycles. The van der Waals surface area contributed by atoms with Gasteiger partial charge < -0.3 is 0 Å². The number of hydrogen-bond acceptors (Lipinski definition) is 0. The zero-order chi connectivity index (χ0) is 21.1. The topological polar surface area (TPSA) is 0 Å². The molecule has 1 aliphatic rings. The highest BCUT2D eigenvalue weighted by molar-refractivity contribution is 5.65. The minimum atomic E-state index is -0.100. The molecular weight excluding hydrogens is 355 g/mol. The molecule has 0 saturated heterocycles. The Labute approximate surface area is 176 Å². The van der Waals surface area contributed by atoms with Crippen LogP contribution in [0.15, 0.2) is 42.5 Å². The summed E-state index contributed by atoms with van der Waals surface area (Å²) >= 11 is 0. The molecule has 0 heterocycles. The molecule has 0 nitrogen and oxygen atoms in total. The van der Waals surface area contributed by atoms with E-state index in [4.69, 9.17) is 0 Å². The Hall–Kier alpha value is -2.51. The Morgan fingerprint density at radius 2 is 1.55 bits per heavy atom. The molecular formula is C28H33F. The maximum absolute atomic E-state index is 14.2. The summed E-state index contributed by atoms with van der Waals surface area (Å²) in [6.45, 7) is 4.35. The third-order valence-corrected chi connectivity index (χ3v) is 5.75. The molecule has 3 rings (SSSR count). The summed E-state index contributed by atoms with van der Waals surface area (Å²) < 4.78 is 14.2. The van der Waals surface area contributed by atoms with Crippen LogP contribution in [-0.2, 0) is 6.42 Å². The Bertz CT molecular complexity index is 824. The van der Waals surface area contributed by atoms with Crippen molar-refractivity contribution in [3.05, 3.63) is 59.4 Å². The zero-order valence-corrected chi connectivity index (χ0v) is 17.9. The van der Waals surface area contributed by atoms with Gasteiger partial charge in [0, 0.05) is 11.5 Å². The van der Waals surface area contributed by atoms with Crippen molar-refractivity contribution in [1.82, 2.24) is 0 Å². The van der Waals surface area contributed by atoms with Crippen molar-refractivity contribution in [3.8, 4) is 35.8 Å². The molecule has 0 amide bonds. The normalized spacial score (nSPS) is 18.1. The molecule has 152 valence electrons. The van der Waals surface area contributed by atoms with Crippen molar-refractivity contribution < 1.29 is 4.39 Å². The van der Waals surface area contributed by atoms with Gasteiger partial charge in [-0.2, -0.15) is 0 Å². The van der Waals surface area contributed by atoms with Gasteiger partial charge in [-0.1, -0.05) is 69.2 Å². The summed E-state index contributed by atoms with van der Waals surface area (Å²) in [4.78, 5) is 0. The standard InChI is InChI=1S/C26H31F.C2H2/c1-3-5-20-7-9-21(10-8-20)11-12-22-13-15-23(16-14-22)25-18-17-24(6-4-2)26(27)19-25;1-2/h13-21H,3-10H2,1-2H3;1-2H. The molecule has 2 aromatic carbocycles. The third kappa shape index (κ3) is 6.80. The predicted octanol–water partition coefficient (Wildman–Crippen LogP) is 7.65. The van der Waals surface area contributed by atoms with Crippen LogP contribution in [0.2, 0.25) is 0 Å². The zero-order valence-electron chi connectivity index (χ0n) is 17.9. The van der Waals surface area contributed by atoms with Crippen molar-refractivity contribution in [2.45, 2.75) is 65.2 Å². The highest BCUT2D eigenvalue weighted by atomic mass is 19.1. The van der Waals surface area contributed by atoms with Crippen LogP contribution in [0.5, 0.6) is 0 Å². The van der Waals surface area contributed by atoms with Gasteiger partial charge in [0.25, 0.3) is 0 Å². The van der Waals surface area contributed by atoms with E-state index in [1.54, 1.807) is 6.07 Å². The van der Waals surface area contributed by atoms with E-state index in [9.17, 15) is 4.39 Å². The molecule has 0 atom stereocenters. The van der Waals surface area contributed by atoms with E-state index in [0.29, 0.717) is 5.92 Å². The maximum Gasteiger partial charge on any atom is 0.127 e. The fourth-order valence-corrected chi connectivity index (χ4v) is 4.13. The van der Waals surface area contributed by atoms with Crippen molar-refractivity contribution in [2.75, 3.05) is 0 Å². The van der Waals surface area contributed by atoms with Crippen LogP contribution in [0.1, 0.15) is 69.9 Å². The monoisotopic (exact) mass is 388 g/mol. The second-order valence-corrected chi connectivity index (χ2v) is 7.91. The van der Waals surface area contributed by atoms with Gasteiger partial charge in [0.2, 0.25) is 0 Å². The molecule has 0 spiro atoms. The lowest BCUT2D eigenvalue weighted by Crippen LogP contribution is -2.13. The highest BCUT2D eigenvalue weighted by Crippen LogP contribution is 2.31. The SMILES string of the molecule is C#C.CCCc1ccc(-c2ccc(C#CC3CCC(CCC)CC3)cc2)cc1F. The quantitative estimate of drug-likeness (QED) is 0.461. The summed E-state index contributed by atoms with van der Waals surface area (Å²) in [5, 5.41) is 0. The van der Waals surface area contributed by atoms with Crippen molar-refractivity contribution in [3.63, 3.8) is 0 Å². The van der Waals surface area contributed by atoms with Gasteiger partial charge >= 0.3 is 0 Å². The Morgan fingerprint density at radius 3 is 2.14 bits per heavy atom. The van der Waals surface area contributed by atoms with Crippen LogP contribution in [0.25, 0.3) is 11.1 Å². The third-order valence-electron chi connectivity index (χ3n) is 5.75. The first-order valence-corrected chi connectivity index (χ1v) is 10.9. The molecule has 0 aliphatic heterocycles. The van der Waals surface area contributed by atoms with Crippen LogP contribution >= 0.6 is 0 Å². The largest absolute Gasteiger partial charge is 0.207 e. The van der Waals surface area contributed by atoms with Crippen LogP contribution in [0.4, 0.5) is 4.39 Å². The van der Waals surface area contributed by atoms with Gasteiger partial charge in [-0.05, 0) is 72.9 Å². The van der Waals surface area contributed by atoms with Gasteiger partial charge in [0.05, 0.1) is 0 Å². The maximum atomic E-state index is 14.2. The van der Waals surface area contributed by atoms with E-state index >= 15 is 0 Å². The Kier molecular flexibility index (Phi) is 9.53. The summed E-state index contributed by atoms with van der Waals surface area (Å²) in [5.74, 6) is 8.21. The first kappa shape index (κ1) is 22.8. The van der Waals surface area contributed by atoms with Crippen molar-refractivity contribution in [1.29, 1.82) is 0 Å². The van der Waals surface area contributed by atoms with Gasteiger partial charge in [-0.3, -0.25) is 0 Å². The Balaban J connectivity index is 0.00000145. The molecule has 1 fully saturated rings. The summed E-state index contributed by atoms with van der Waals surface area (Å²) in [5.41, 5.74) is 3.83. The molecule has 0 unspecified atom stereocenters. The molecule has 1 heteroatoms. The highest BCUT2D eigenvalue weighted by Gasteiger charge is 2.18. The van der Waals surface area contributed by atoms with Gasteiger partial charge in [0.15, 0.2) is 0 Å². The van der Waals surface area contributed by atoms with Crippen LogP contribution in [-0.4, -0.2) is 0 Å².